The highest BCUT2D eigenvalue weighted by molar-refractivity contribution is 5.33. The van der Waals surface area contributed by atoms with E-state index in [0.29, 0.717) is 10.8 Å². The maximum atomic E-state index is 4.27. The second-order valence-electron chi connectivity index (χ2n) is 10.9. The summed E-state index contributed by atoms with van der Waals surface area (Å²) < 4.78 is 0. The van der Waals surface area contributed by atoms with Crippen molar-refractivity contribution in [1.29, 1.82) is 0 Å². The molecule has 5 rings (SSSR count). The zero-order chi connectivity index (χ0) is 20.3. The van der Waals surface area contributed by atoms with E-state index in [-0.39, 0.29) is 0 Å². The molecule has 0 nitrogen and oxygen atoms in total. The maximum absolute atomic E-state index is 4.27. The minimum absolute atomic E-state index is 0.444. The Hall–Kier alpha value is -0.780. The van der Waals surface area contributed by atoms with Crippen molar-refractivity contribution in [1.82, 2.24) is 0 Å². The van der Waals surface area contributed by atoms with Gasteiger partial charge in [0, 0.05) is 0 Å². The smallest absolute Gasteiger partial charge is 0.00562 e. The SMILES string of the molecule is C=C1C=C2CCC3C(CCC4(C)C3C3C(C)C3C4(C)/C=C\CC)C2CC1.CC. The Kier molecular flexibility index (Phi) is 5.25. The van der Waals surface area contributed by atoms with Gasteiger partial charge in [-0.05, 0) is 97.2 Å². The van der Waals surface area contributed by atoms with Crippen LogP contribution in [0, 0.1) is 52.3 Å². The Morgan fingerprint density at radius 2 is 1.82 bits per heavy atom. The zero-order valence-electron chi connectivity index (χ0n) is 19.4. The first-order chi connectivity index (χ1) is 13.4. The molecule has 28 heavy (non-hydrogen) atoms. The standard InChI is InChI=1S/C26H38.C2H6/c1-6-7-13-25(4)23-17(3)22(23)24-21-11-9-18-15-16(2)8-10-19(18)20(21)12-14-26(24,25)5;1-2/h7,13,15,17,19-24H,2,6,8-12,14H2,1,3-5H3;1-2H3/b13-7-;. The van der Waals surface area contributed by atoms with Crippen LogP contribution in [-0.2, 0) is 0 Å². The Balaban J connectivity index is 0.000000932. The highest BCUT2D eigenvalue weighted by atomic mass is 14.8. The minimum atomic E-state index is 0.444. The molecule has 0 amide bonds. The van der Waals surface area contributed by atoms with Crippen LogP contribution in [0.2, 0.25) is 0 Å². The van der Waals surface area contributed by atoms with Crippen LogP contribution in [0.5, 0.6) is 0 Å². The van der Waals surface area contributed by atoms with Gasteiger partial charge in [0.1, 0.15) is 0 Å². The molecule has 5 aliphatic rings. The second-order valence-corrected chi connectivity index (χ2v) is 10.9. The van der Waals surface area contributed by atoms with Crippen molar-refractivity contribution in [3.05, 3.63) is 36.0 Å². The van der Waals surface area contributed by atoms with Gasteiger partial charge in [-0.15, -0.1) is 0 Å². The Morgan fingerprint density at radius 1 is 1.07 bits per heavy atom. The molecule has 0 heteroatoms. The summed E-state index contributed by atoms with van der Waals surface area (Å²) in [5.74, 6) is 6.80. The number of hydrogen-bond acceptors (Lipinski definition) is 0. The van der Waals surface area contributed by atoms with Crippen molar-refractivity contribution in [2.75, 3.05) is 0 Å². The molecule has 9 atom stereocenters. The van der Waals surface area contributed by atoms with Crippen molar-refractivity contribution in [3.63, 3.8) is 0 Å². The number of rotatable bonds is 2. The highest BCUT2D eigenvalue weighted by Gasteiger charge is 2.76. The Labute approximate surface area is 175 Å². The molecule has 0 radical (unpaired) electrons. The van der Waals surface area contributed by atoms with Gasteiger partial charge in [-0.25, -0.2) is 0 Å². The summed E-state index contributed by atoms with van der Waals surface area (Å²) in [5.41, 5.74) is 4.16. The first-order valence-corrected chi connectivity index (χ1v) is 12.5. The number of fused-ring (bicyclic) bond motifs is 7. The van der Waals surface area contributed by atoms with Gasteiger partial charge >= 0.3 is 0 Å². The normalized spacial score (nSPS) is 51.3. The van der Waals surface area contributed by atoms with Crippen molar-refractivity contribution in [2.24, 2.45) is 52.3 Å². The summed E-state index contributed by atoms with van der Waals surface area (Å²) in [5, 5.41) is 0. The molecule has 4 saturated carbocycles. The fraction of sp³-hybridized carbons (Fsp3) is 0.786. The van der Waals surface area contributed by atoms with Gasteiger partial charge in [0.2, 0.25) is 0 Å². The van der Waals surface area contributed by atoms with E-state index in [1.165, 1.54) is 50.5 Å². The monoisotopic (exact) mass is 380 g/mol. The lowest BCUT2D eigenvalue weighted by molar-refractivity contribution is -0.0641. The molecule has 0 aromatic carbocycles. The van der Waals surface area contributed by atoms with Gasteiger partial charge in [0.25, 0.3) is 0 Å². The van der Waals surface area contributed by atoms with Crippen molar-refractivity contribution >= 4 is 0 Å². The molecule has 5 aliphatic carbocycles. The predicted molar refractivity (Wildman–Crippen MR) is 122 cm³/mol. The molecular formula is C28H44. The fourth-order valence-electron chi connectivity index (χ4n) is 8.90. The minimum Gasteiger partial charge on any atom is -0.0958 e. The third kappa shape index (κ3) is 2.61. The van der Waals surface area contributed by atoms with E-state index in [1.807, 2.05) is 13.8 Å². The van der Waals surface area contributed by atoms with Crippen LogP contribution >= 0.6 is 0 Å². The Morgan fingerprint density at radius 3 is 2.54 bits per heavy atom. The van der Waals surface area contributed by atoms with Crippen LogP contribution in [0.15, 0.2) is 36.0 Å². The van der Waals surface area contributed by atoms with Gasteiger partial charge < -0.3 is 0 Å². The third-order valence-corrected chi connectivity index (χ3v) is 10.2. The molecule has 9 unspecified atom stereocenters. The number of allylic oxidation sites excluding steroid dienone is 5. The predicted octanol–water partition coefficient (Wildman–Crippen LogP) is 8.22. The topological polar surface area (TPSA) is 0 Å². The molecule has 0 aromatic rings. The fourth-order valence-corrected chi connectivity index (χ4v) is 8.90. The second kappa shape index (κ2) is 7.17. The van der Waals surface area contributed by atoms with Gasteiger partial charge in [0.05, 0.1) is 0 Å². The van der Waals surface area contributed by atoms with E-state index >= 15 is 0 Å². The lowest BCUT2D eigenvalue weighted by atomic mass is 9.46. The van der Waals surface area contributed by atoms with Crippen LogP contribution < -0.4 is 0 Å². The molecule has 156 valence electrons. The van der Waals surface area contributed by atoms with Crippen molar-refractivity contribution in [2.45, 2.75) is 86.5 Å². The summed E-state index contributed by atoms with van der Waals surface area (Å²) >= 11 is 0. The molecule has 0 aliphatic heterocycles. The van der Waals surface area contributed by atoms with E-state index in [2.05, 4.69) is 52.5 Å². The third-order valence-electron chi connectivity index (χ3n) is 10.2. The van der Waals surface area contributed by atoms with Crippen molar-refractivity contribution < 1.29 is 0 Å². The van der Waals surface area contributed by atoms with E-state index in [4.69, 9.17) is 0 Å². The molecule has 0 heterocycles. The summed E-state index contributed by atoms with van der Waals surface area (Å²) in [6.45, 7) is 18.5. The van der Waals surface area contributed by atoms with E-state index in [9.17, 15) is 0 Å². The van der Waals surface area contributed by atoms with Gasteiger partial charge in [-0.3, -0.25) is 0 Å². The lowest BCUT2D eigenvalue weighted by Crippen LogP contribution is -2.51. The molecule has 0 bridgehead atoms. The summed E-state index contributed by atoms with van der Waals surface area (Å²) in [6.07, 6.45) is 17.3. The first kappa shape index (κ1) is 20.5. The summed E-state index contributed by atoms with van der Waals surface area (Å²) in [6, 6.07) is 0. The van der Waals surface area contributed by atoms with E-state index in [0.717, 1.165) is 41.4 Å². The lowest BCUT2D eigenvalue weighted by Gasteiger charge is -2.58. The quantitative estimate of drug-likeness (QED) is 0.423. The van der Waals surface area contributed by atoms with Gasteiger partial charge in [-0.1, -0.05) is 77.5 Å². The molecule has 0 saturated heterocycles. The molecule has 4 fully saturated rings. The highest BCUT2D eigenvalue weighted by Crippen LogP contribution is 2.81. The molecule has 0 aromatic heterocycles. The van der Waals surface area contributed by atoms with E-state index < -0.39 is 0 Å². The van der Waals surface area contributed by atoms with Crippen LogP contribution in [-0.4, -0.2) is 0 Å². The average molecular weight is 381 g/mol. The maximum Gasteiger partial charge on any atom is -0.00562 e. The molecule has 0 spiro atoms. The van der Waals surface area contributed by atoms with Crippen LogP contribution in [0.1, 0.15) is 86.5 Å². The van der Waals surface area contributed by atoms with Crippen LogP contribution in [0.4, 0.5) is 0 Å². The first-order valence-electron chi connectivity index (χ1n) is 12.5. The average Bonchev–Trinajstić information content (AvgIpc) is 3.31. The zero-order valence-corrected chi connectivity index (χ0v) is 19.4. The van der Waals surface area contributed by atoms with Crippen molar-refractivity contribution in [3.8, 4) is 0 Å². The van der Waals surface area contributed by atoms with Crippen LogP contribution in [0.3, 0.4) is 0 Å². The van der Waals surface area contributed by atoms with E-state index in [1.54, 1.807) is 5.57 Å². The number of hydrogen-bond donors (Lipinski definition) is 0. The summed E-state index contributed by atoms with van der Waals surface area (Å²) in [7, 11) is 0. The largest absolute Gasteiger partial charge is 0.0958 e. The van der Waals surface area contributed by atoms with Crippen LogP contribution in [0.25, 0.3) is 0 Å². The molecule has 0 N–H and O–H groups in total. The summed E-state index contributed by atoms with van der Waals surface area (Å²) in [4.78, 5) is 0. The molecular weight excluding hydrogens is 336 g/mol. The van der Waals surface area contributed by atoms with Gasteiger partial charge in [0.15, 0.2) is 0 Å². The van der Waals surface area contributed by atoms with Gasteiger partial charge in [-0.2, -0.15) is 0 Å². The Bertz CT molecular complexity index is 680.